The average Bonchev–Trinajstić information content (AvgIpc) is 2.96. The molecule has 1 fully saturated rings. The molecule has 14 heavy (non-hydrogen) atoms. The van der Waals surface area contributed by atoms with Gasteiger partial charge in [0.2, 0.25) is 5.91 Å². The first kappa shape index (κ1) is 12.0. The second-order valence-electron chi connectivity index (χ2n) is 4.08. The molecule has 0 aliphatic heterocycles. The number of hydrogen-bond acceptors (Lipinski definition) is 2. The molecule has 0 aromatic rings. The van der Waals surface area contributed by atoms with Gasteiger partial charge in [-0.25, -0.2) is 0 Å². The molecule has 1 aliphatic carbocycles. The molecule has 0 saturated heterocycles. The summed E-state index contributed by atoms with van der Waals surface area (Å²) in [4.78, 5) is 11.3. The Hall–Kier alpha value is -0.0900. The van der Waals surface area contributed by atoms with Gasteiger partial charge in [0.15, 0.2) is 0 Å². The van der Waals surface area contributed by atoms with Crippen molar-refractivity contribution in [3.8, 4) is 0 Å². The summed E-state index contributed by atoms with van der Waals surface area (Å²) in [6.07, 6.45) is 4.67. The van der Waals surface area contributed by atoms with Gasteiger partial charge in [-0.2, -0.15) is 0 Å². The van der Waals surface area contributed by atoms with Crippen LogP contribution in [0, 0.1) is 5.41 Å². The lowest BCUT2D eigenvalue weighted by Gasteiger charge is -2.12. The predicted octanol–water partition coefficient (Wildman–Crippen LogP) is 1.44. The lowest BCUT2D eigenvalue weighted by molar-refractivity contribution is -0.121. The SMILES string of the molecule is O=C(CCCCBr)NCC1(CO)CC1. The number of aliphatic hydroxyl groups excluding tert-OH is 1. The van der Waals surface area contributed by atoms with Crippen LogP contribution in [0.2, 0.25) is 0 Å². The van der Waals surface area contributed by atoms with E-state index in [2.05, 4.69) is 21.2 Å². The number of rotatable bonds is 7. The van der Waals surface area contributed by atoms with E-state index in [-0.39, 0.29) is 17.9 Å². The molecular weight excluding hydrogens is 246 g/mol. The number of amides is 1. The smallest absolute Gasteiger partial charge is 0.220 e. The number of unbranched alkanes of at least 4 members (excludes halogenated alkanes) is 1. The zero-order valence-electron chi connectivity index (χ0n) is 8.39. The summed E-state index contributed by atoms with van der Waals surface area (Å²) in [6.45, 7) is 0.853. The Kier molecular flexibility index (Phi) is 4.89. The number of aliphatic hydroxyl groups is 1. The third-order valence-corrected chi connectivity index (χ3v) is 3.30. The molecule has 4 heteroatoms. The van der Waals surface area contributed by atoms with Gasteiger partial charge < -0.3 is 10.4 Å². The van der Waals surface area contributed by atoms with Crippen LogP contribution >= 0.6 is 15.9 Å². The Morgan fingerprint density at radius 3 is 2.64 bits per heavy atom. The number of halogens is 1. The van der Waals surface area contributed by atoms with Gasteiger partial charge in [-0.3, -0.25) is 4.79 Å². The monoisotopic (exact) mass is 263 g/mol. The van der Waals surface area contributed by atoms with Gasteiger partial charge in [-0.05, 0) is 25.7 Å². The highest BCUT2D eigenvalue weighted by molar-refractivity contribution is 9.09. The summed E-state index contributed by atoms with van der Waals surface area (Å²) in [7, 11) is 0. The lowest BCUT2D eigenvalue weighted by Crippen LogP contribution is -2.31. The minimum atomic E-state index is 0.0328. The van der Waals surface area contributed by atoms with E-state index in [1.807, 2.05) is 0 Å². The van der Waals surface area contributed by atoms with Gasteiger partial charge in [0.25, 0.3) is 0 Å². The second-order valence-corrected chi connectivity index (χ2v) is 4.87. The van der Waals surface area contributed by atoms with Crippen LogP contribution in [0.15, 0.2) is 0 Å². The Balaban J connectivity index is 2.03. The number of carbonyl (C=O) groups excluding carboxylic acids is 1. The van der Waals surface area contributed by atoms with Crippen LogP contribution in [0.4, 0.5) is 0 Å². The van der Waals surface area contributed by atoms with E-state index in [1.165, 1.54) is 0 Å². The molecule has 82 valence electrons. The molecule has 0 radical (unpaired) electrons. The minimum Gasteiger partial charge on any atom is -0.396 e. The largest absolute Gasteiger partial charge is 0.396 e. The molecule has 1 amide bonds. The molecule has 1 aliphatic rings. The lowest BCUT2D eigenvalue weighted by atomic mass is 10.1. The summed E-state index contributed by atoms with van der Waals surface area (Å²) in [5.41, 5.74) is 0.0328. The maximum atomic E-state index is 11.3. The molecule has 1 saturated carbocycles. The summed E-state index contributed by atoms with van der Waals surface area (Å²) >= 11 is 3.33. The molecular formula is C10H18BrNO2. The van der Waals surface area contributed by atoms with Gasteiger partial charge >= 0.3 is 0 Å². The van der Waals surface area contributed by atoms with Crippen molar-refractivity contribution in [2.24, 2.45) is 5.41 Å². The van der Waals surface area contributed by atoms with Crippen molar-refractivity contribution in [2.45, 2.75) is 32.1 Å². The molecule has 1 rings (SSSR count). The van der Waals surface area contributed by atoms with Crippen molar-refractivity contribution >= 4 is 21.8 Å². The molecule has 3 nitrogen and oxygen atoms in total. The first-order valence-electron chi connectivity index (χ1n) is 5.16. The maximum absolute atomic E-state index is 11.3. The first-order chi connectivity index (χ1) is 6.72. The van der Waals surface area contributed by atoms with E-state index in [0.717, 1.165) is 31.0 Å². The van der Waals surface area contributed by atoms with Gasteiger partial charge in [0.05, 0.1) is 6.61 Å². The molecule has 0 aromatic carbocycles. The number of carbonyl (C=O) groups is 1. The molecule has 0 heterocycles. The van der Waals surface area contributed by atoms with E-state index < -0.39 is 0 Å². The van der Waals surface area contributed by atoms with E-state index >= 15 is 0 Å². The Morgan fingerprint density at radius 2 is 2.14 bits per heavy atom. The predicted molar refractivity (Wildman–Crippen MR) is 59.4 cm³/mol. The Bertz CT molecular complexity index is 193. The second kappa shape index (κ2) is 5.71. The van der Waals surface area contributed by atoms with Crippen LogP contribution in [0.3, 0.4) is 0 Å². The van der Waals surface area contributed by atoms with Crippen LogP contribution in [0.25, 0.3) is 0 Å². The number of nitrogens with one attached hydrogen (secondary N) is 1. The normalized spacial score (nSPS) is 17.9. The number of hydrogen-bond donors (Lipinski definition) is 2. The molecule has 2 N–H and O–H groups in total. The minimum absolute atomic E-state index is 0.0328. The highest BCUT2D eigenvalue weighted by Crippen LogP contribution is 2.44. The van der Waals surface area contributed by atoms with Crippen molar-refractivity contribution in [1.29, 1.82) is 0 Å². The fourth-order valence-corrected chi connectivity index (χ4v) is 1.72. The molecule has 0 bridgehead atoms. The Labute approximate surface area is 93.4 Å². The van der Waals surface area contributed by atoms with E-state index in [4.69, 9.17) is 5.11 Å². The van der Waals surface area contributed by atoms with Gasteiger partial charge in [-0.1, -0.05) is 15.9 Å². The van der Waals surface area contributed by atoms with Crippen LogP contribution in [-0.4, -0.2) is 29.5 Å². The zero-order valence-corrected chi connectivity index (χ0v) is 9.98. The van der Waals surface area contributed by atoms with E-state index in [9.17, 15) is 4.79 Å². The van der Waals surface area contributed by atoms with Gasteiger partial charge in [0, 0.05) is 23.7 Å². The molecule has 0 spiro atoms. The van der Waals surface area contributed by atoms with E-state index in [1.54, 1.807) is 0 Å². The van der Waals surface area contributed by atoms with Gasteiger partial charge in [-0.15, -0.1) is 0 Å². The van der Waals surface area contributed by atoms with Gasteiger partial charge in [0.1, 0.15) is 0 Å². The molecule has 0 atom stereocenters. The van der Waals surface area contributed by atoms with E-state index in [0.29, 0.717) is 13.0 Å². The van der Waals surface area contributed by atoms with Crippen LogP contribution in [-0.2, 0) is 4.79 Å². The zero-order chi connectivity index (χ0) is 10.4. The molecule has 0 unspecified atom stereocenters. The highest BCUT2D eigenvalue weighted by Gasteiger charge is 2.41. The fraction of sp³-hybridized carbons (Fsp3) is 0.900. The quantitative estimate of drug-likeness (QED) is 0.540. The summed E-state index contributed by atoms with van der Waals surface area (Å²) < 4.78 is 0. The summed E-state index contributed by atoms with van der Waals surface area (Å²) in [6, 6.07) is 0. The van der Waals surface area contributed by atoms with Crippen LogP contribution in [0.1, 0.15) is 32.1 Å². The maximum Gasteiger partial charge on any atom is 0.220 e. The van der Waals surface area contributed by atoms with Crippen LogP contribution < -0.4 is 5.32 Å². The first-order valence-corrected chi connectivity index (χ1v) is 6.28. The highest BCUT2D eigenvalue weighted by atomic mass is 79.9. The fourth-order valence-electron chi connectivity index (χ4n) is 1.32. The molecule has 0 aromatic heterocycles. The van der Waals surface area contributed by atoms with Crippen LogP contribution in [0.5, 0.6) is 0 Å². The Morgan fingerprint density at radius 1 is 1.43 bits per heavy atom. The average molecular weight is 264 g/mol. The van der Waals surface area contributed by atoms with Crippen molar-refractivity contribution in [3.63, 3.8) is 0 Å². The number of alkyl halides is 1. The van der Waals surface area contributed by atoms with Crippen molar-refractivity contribution in [3.05, 3.63) is 0 Å². The topological polar surface area (TPSA) is 49.3 Å². The van der Waals surface area contributed by atoms with Crippen molar-refractivity contribution in [1.82, 2.24) is 5.32 Å². The summed E-state index contributed by atoms with van der Waals surface area (Å²) in [5, 5.41) is 12.9. The standard InChI is InChI=1S/C10H18BrNO2/c11-6-2-1-3-9(14)12-7-10(8-13)4-5-10/h13H,1-8H2,(H,12,14). The third-order valence-electron chi connectivity index (χ3n) is 2.74. The van der Waals surface area contributed by atoms with Crippen molar-refractivity contribution in [2.75, 3.05) is 18.5 Å². The third kappa shape index (κ3) is 3.96. The summed E-state index contributed by atoms with van der Waals surface area (Å²) in [5.74, 6) is 0.116. The van der Waals surface area contributed by atoms with Crippen molar-refractivity contribution < 1.29 is 9.90 Å².